The maximum absolute atomic E-state index is 12.5. The smallest absolute Gasteiger partial charge is 0.253 e. The summed E-state index contributed by atoms with van der Waals surface area (Å²) in [5.41, 5.74) is 1.90. The Morgan fingerprint density at radius 2 is 2.14 bits per heavy atom. The average Bonchev–Trinajstić information content (AvgIpc) is 3.05. The lowest BCUT2D eigenvalue weighted by Gasteiger charge is -2.21. The third-order valence-corrected chi connectivity index (χ3v) is 4.00. The summed E-state index contributed by atoms with van der Waals surface area (Å²) in [6, 6.07) is 7.26. The fourth-order valence-corrected chi connectivity index (χ4v) is 2.75. The molecule has 1 saturated carbocycles. The summed E-state index contributed by atoms with van der Waals surface area (Å²) in [6.45, 7) is 1.95. The molecule has 0 unspecified atom stereocenters. The Hall–Kier alpha value is -2.06. The molecule has 0 radical (unpaired) electrons. The fourth-order valence-electron chi connectivity index (χ4n) is 2.75. The number of amides is 1. The summed E-state index contributed by atoms with van der Waals surface area (Å²) < 4.78 is 5.93. The standard InChI is InChI=1S/C17H23N3O2/c1-3-16(22-13-6-4-5-7-13)17(21)20-15-10-12(11-18)8-9-14(15)19-2/h8-10,13,16,19H,3-7H2,1-2H3,(H,20,21)/t16-/m0/s1. The van der Waals surface area contributed by atoms with Crippen LogP contribution in [0.5, 0.6) is 0 Å². The molecule has 0 aliphatic heterocycles. The zero-order valence-corrected chi connectivity index (χ0v) is 13.2. The highest BCUT2D eigenvalue weighted by molar-refractivity contribution is 5.97. The zero-order valence-electron chi connectivity index (χ0n) is 13.2. The Morgan fingerprint density at radius 3 is 2.73 bits per heavy atom. The van der Waals surface area contributed by atoms with Crippen molar-refractivity contribution < 1.29 is 9.53 Å². The Morgan fingerprint density at radius 1 is 1.41 bits per heavy atom. The van der Waals surface area contributed by atoms with E-state index in [1.807, 2.05) is 6.92 Å². The van der Waals surface area contributed by atoms with Crippen LogP contribution in [0.25, 0.3) is 0 Å². The van der Waals surface area contributed by atoms with E-state index < -0.39 is 6.10 Å². The van der Waals surface area contributed by atoms with Gasteiger partial charge in [-0.15, -0.1) is 0 Å². The van der Waals surface area contributed by atoms with Gasteiger partial charge in [-0.3, -0.25) is 4.79 Å². The van der Waals surface area contributed by atoms with Crippen LogP contribution in [-0.2, 0) is 9.53 Å². The highest BCUT2D eigenvalue weighted by Crippen LogP contribution is 2.25. The molecule has 1 aromatic rings. The first-order chi connectivity index (χ1) is 10.7. The number of nitrogens with zero attached hydrogens (tertiary/aromatic N) is 1. The number of hydrogen-bond acceptors (Lipinski definition) is 4. The van der Waals surface area contributed by atoms with Crippen LogP contribution in [0.1, 0.15) is 44.6 Å². The first kappa shape index (κ1) is 16.3. The van der Waals surface area contributed by atoms with Gasteiger partial charge in [0.15, 0.2) is 0 Å². The molecule has 1 fully saturated rings. The normalized spacial score (nSPS) is 16.0. The molecule has 1 amide bonds. The summed E-state index contributed by atoms with van der Waals surface area (Å²) in [5.74, 6) is -0.152. The van der Waals surface area contributed by atoms with E-state index in [1.54, 1.807) is 25.2 Å². The molecular formula is C17H23N3O2. The molecule has 2 N–H and O–H groups in total. The van der Waals surface area contributed by atoms with Crippen molar-refractivity contribution in [3.05, 3.63) is 23.8 Å². The Balaban J connectivity index is 2.07. The quantitative estimate of drug-likeness (QED) is 0.845. The predicted molar refractivity (Wildman–Crippen MR) is 86.8 cm³/mol. The van der Waals surface area contributed by atoms with E-state index in [0.29, 0.717) is 17.7 Å². The molecule has 2 rings (SSSR count). The molecule has 1 aliphatic carbocycles. The number of benzene rings is 1. The second kappa shape index (κ2) is 7.81. The number of anilines is 2. The molecule has 5 nitrogen and oxygen atoms in total. The second-order valence-corrected chi connectivity index (χ2v) is 5.55. The van der Waals surface area contributed by atoms with Crippen LogP contribution in [0.15, 0.2) is 18.2 Å². The molecule has 1 aromatic carbocycles. The van der Waals surface area contributed by atoms with Gasteiger partial charge in [-0.05, 0) is 37.5 Å². The molecule has 0 saturated heterocycles. The summed E-state index contributed by atoms with van der Waals surface area (Å²) in [5, 5.41) is 14.9. The third kappa shape index (κ3) is 3.99. The van der Waals surface area contributed by atoms with Gasteiger partial charge in [0.2, 0.25) is 0 Å². The Bertz CT molecular complexity index is 560. The van der Waals surface area contributed by atoms with Gasteiger partial charge >= 0.3 is 0 Å². The van der Waals surface area contributed by atoms with Crippen molar-refractivity contribution in [2.24, 2.45) is 0 Å². The van der Waals surface area contributed by atoms with Crippen LogP contribution in [0.3, 0.4) is 0 Å². The topological polar surface area (TPSA) is 74.1 Å². The van der Waals surface area contributed by atoms with Gasteiger partial charge in [-0.25, -0.2) is 0 Å². The van der Waals surface area contributed by atoms with Gasteiger partial charge in [-0.1, -0.05) is 19.8 Å². The Kier molecular flexibility index (Phi) is 5.79. The molecule has 0 heterocycles. The Labute approximate surface area is 131 Å². The number of nitriles is 1. The largest absolute Gasteiger partial charge is 0.386 e. The van der Waals surface area contributed by atoms with Crippen molar-refractivity contribution in [2.45, 2.75) is 51.2 Å². The van der Waals surface area contributed by atoms with E-state index >= 15 is 0 Å². The molecule has 0 spiro atoms. The van der Waals surface area contributed by atoms with E-state index in [2.05, 4.69) is 16.7 Å². The van der Waals surface area contributed by atoms with Crippen LogP contribution in [0.4, 0.5) is 11.4 Å². The van der Waals surface area contributed by atoms with Crippen LogP contribution < -0.4 is 10.6 Å². The lowest BCUT2D eigenvalue weighted by Crippen LogP contribution is -2.33. The van der Waals surface area contributed by atoms with Gasteiger partial charge < -0.3 is 15.4 Å². The molecule has 118 valence electrons. The first-order valence-corrected chi connectivity index (χ1v) is 7.86. The number of carbonyl (C=O) groups excluding carboxylic acids is 1. The molecule has 1 aliphatic rings. The summed E-state index contributed by atoms with van der Waals surface area (Å²) in [4.78, 5) is 12.5. The van der Waals surface area contributed by atoms with Crippen molar-refractivity contribution in [1.82, 2.24) is 0 Å². The van der Waals surface area contributed by atoms with Crippen LogP contribution >= 0.6 is 0 Å². The lowest BCUT2D eigenvalue weighted by molar-refractivity contribution is -0.131. The average molecular weight is 301 g/mol. The molecule has 0 aromatic heterocycles. The summed E-state index contributed by atoms with van der Waals surface area (Å²) in [6.07, 6.45) is 4.82. The third-order valence-electron chi connectivity index (χ3n) is 4.00. The summed E-state index contributed by atoms with van der Waals surface area (Å²) in [7, 11) is 1.78. The minimum absolute atomic E-state index is 0.152. The first-order valence-electron chi connectivity index (χ1n) is 7.86. The van der Waals surface area contributed by atoms with Crippen molar-refractivity contribution >= 4 is 17.3 Å². The van der Waals surface area contributed by atoms with Gasteiger partial charge in [0.25, 0.3) is 5.91 Å². The molecule has 22 heavy (non-hydrogen) atoms. The van der Waals surface area contributed by atoms with Crippen molar-refractivity contribution in [3.8, 4) is 6.07 Å². The van der Waals surface area contributed by atoms with E-state index in [0.717, 1.165) is 18.5 Å². The highest BCUT2D eigenvalue weighted by Gasteiger charge is 2.24. The van der Waals surface area contributed by atoms with Gasteiger partial charge in [0, 0.05) is 7.05 Å². The predicted octanol–water partition coefficient (Wildman–Crippen LogP) is 3.28. The van der Waals surface area contributed by atoms with Crippen molar-refractivity contribution in [2.75, 3.05) is 17.7 Å². The summed E-state index contributed by atoms with van der Waals surface area (Å²) >= 11 is 0. The number of hydrogen-bond donors (Lipinski definition) is 2. The SMILES string of the molecule is CC[C@H](OC1CCCC1)C(=O)Nc1cc(C#N)ccc1NC. The molecular weight excluding hydrogens is 278 g/mol. The molecule has 1 atom stereocenters. The maximum Gasteiger partial charge on any atom is 0.253 e. The number of carbonyl (C=O) groups is 1. The fraction of sp³-hybridized carbons (Fsp3) is 0.529. The second-order valence-electron chi connectivity index (χ2n) is 5.55. The van der Waals surface area contributed by atoms with Crippen LogP contribution in [-0.4, -0.2) is 25.2 Å². The lowest BCUT2D eigenvalue weighted by atomic mass is 10.1. The number of ether oxygens (including phenoxy) is 1. The maximum atomic E-state index is 12.5. The van der Waals surface area contributed by atoms with E-state index in [4.69, 9.17) is 10.00 Å². The van der Waals surface area contributed by atoms with E-state index in [-0.39, 0.29) is 12.0 Å². The van der Waals surface area contributed by atoms with Crippen molar-refractivity contribution in [3.63, 3.8) is 0 Å². The van der Waals surface area contributed by atoms with E-state index in [1.165, 1.54) is 12.8 Å². The number of rotatable bonds is 6. The van der Waals surface area contributed by atoms with Gasteiger partial charge in [0.1, 0.15) is 6.10 Å². The van der Waals surface area contributed by atoms with Gasteiger partial charge in [-0.2, -0.15) is 5.26 Å². The minimum atomic E-state index is -0.446. The highest BCUT2D eigenvalue weighted by atomic mass is 16.5. The molecule has 5 heteroatoms. The molecule has 0 bridgehead atoms. The van der Waals surface area contributed by atoms with Crippen molar-refractivity contribution in [1.29, 1.82) is 5.26 Å². The van der Waals surface area contributed by atoms with E-state index in [9.17, 15) is 4.79 Å². The monoisotopic (exact) mass is 301 g/mol. The van der Waals surface area contributed by atoms with Gasteiger partial charge in [0.05, 0.1) is 29.1 Å². The number of nitrogens with one attached hydrogen (secondary N) is 2. The zero-order chi connectivity index (χ0) is 15.9. The van der Waals surface area contributed by atoms with Crippen LogP contribution in [0, 0.1) is 11.3 Å². The minimum Gasteiger partial charge on any atom is -0.386 e. The van der Waals surface area contributed by atoms with Crippen LogP contribution in [0.2, 0.25) is 0 Å².